The van der Waals surface area contributed by atoms with Gasteiger partial charge in [0, 0.05) is 18.8 Å². The molecule has 3 rings (SSSR count). The molecule has 126 valence electrons. The fourth-order valence-electron chi connectivity index (χ4n) is 2.85. The Morgan fingerprint density at radius 3 is 2.74 bits per heavy atom. The minimum absolute atomic E-state index is 0.207. The summed E-state index contributed by atoms with van der Waals surface area (Å²) in [5, 5.41) is 2.75. The van der Waals surface area contributed by atoms with E-state index >= 15 is 0 Å². The number of carbonyl (C=O) groups is 1. The van der Waals surface area contributed by atoms with Gasteiger partial charge in [-0.2, -0.15) is 0 Å². The number of aryl methyl sites for hydroxylation is 1. The lowest BCUT2D eigenvalue weighted by molar-refractivity contribution is -0.119. The third kappa shape index (κ3) is 3.90. The van der Waals surface area contributed by atoms with Gasteiger partial charge >= 0.3 is 0 Å². The molecule has 7 heteroatoms. The second-order valence-electron chi connectivity index (χ2n) is 6.52. The predicted octanol–water partition coefficient (Wildman–Crippen LogP) is 2.13. The largest absolute Gasteiger partial charge is 0.326 e. The van der Waals surface area contributed by atoms with Gasteiger partial charge in [-0.1, -0.05) is 0 Å². The van der Waals surface area contributed by atoms with Crippen LogP contribution in [0.4, 0.5) is 10.1 Å². The second kappa shape index (κ2) is 6.20. The molecule has 0 radical (unpaired) electrons. The van der Waals surface area contributed by atoms with Gasteiger partial charge in [-0.3, -0.25) is 4.79 Å². The van der Waals surface area contributed by atoms with E-state index in [-0.39, 0.29) is 29.9 Å². The molecule has 1 atom stereocenters. The molecule has 1 aliphatic heterocycles. The summed E-state index contributed by atoms with van der Waals surface area (Å²) >= 11 is 0. The molecular weight excluding hydrogens is 319 g/mol. The molecule has 1 N–H and O–H groups in total. The molecule has 2 fully saturated rings. The van der Waals surface area contributed by atoms with Gasteiger partial charge in [0.25, 0.3) is 0 Å². The van der Waals surface area contributed by atoms with E-state index in [4.69, 9.17) is 0 Å². The van der Waals surface area contributed by atoms with E-state index in [1.165, 1.54) is 16.4 Å². The molecule has 0 unspecified atom stereocenters. The monoisotopic (exact) mass is 340 g/mol. The molecule has 0 spiro atoms. The molecule has 1 aliphatic carbocycles. The molecular formula is C16H21FN2O3S. The Balaban J connectivity index is 1.59. The SMILES string of the molecule is Cc1cc(NC(=O)[C@H]2CCN(S(=O)(=O)CC3CC3)C2)ccc1F. The van der Waals surface area contributed by atoms with E-state index in [9.17, 15) is 17.6 Å². The predicted molar refractivity (Wildman–Crippen MR) is 86.0 cm³/mol. The first-order valence-corrected chi connectivity index (χ1v) is 9.51. The number of anilines is 1. The number of rotatable bonds is 5. The van der Waals surface area contributed by atoms with Gasteiger partial charge in [0.1, 0.15) is 5.82 Å². The molecule has 1 saturated carbocycles. The molecule has 0 aromatic heterocycles. The number of amides is 1. The average Bonchev–Trinajstić information content (AvgIpc) is 3.13. The third-order valence-corrected chi connectivity index (χ3v) is 6.49. The van der Waals surface area contributed by atoms with Crippen molar-refractivity contribution >= 4 is 21.6 Å². The summed E-state index contributed by atoms with van der Waals surface area (Å²) in [7, 11) is -3.24. The van der Waals surface area contributed by atoms with Crippen LogP contribution in [0.5, 0.6) is 0 Å². The van der Waals surface area contributed by atoms with E-state index in [0.717, 1.165) is 12.8 Å². The molecule has 1 aromatic rings. The van der Waals surface area contributed by atoms with Crippen molar-refractivity contribution in [3.63, 3.8) is 0 Å². The molecule has 1 saturated heterocycles. The highest BCUT2D eigenvalue weighted by Gasteiger charge is 2.38. The standard InChI is InChI=1S/C16H21FN2O3S/c1-11-8-14(4-5-15(11)17)18-16(20)13-6-7-19(9-13)23(21,22)10-12-2-3-12/h4-5,8,12-13H,2-3,6-7,9-10H2,1H3,(H,18,20)/t13-/m0/s1. The molecule has 2 aliphatic rings. The summed E-state index contributed by atoms with van der Waals surface area (Å²) in [6.45, 7) is 2.27. The van der Waals surface area contributed by atoms with Crippen LogP contribution in [0.15, 0.2) is 18.2 Å². The maximum Gasteiger partial charge on any atom is 0.228 e. The van der Waals surface area contributed by atoms with Crippen LogP contribution in [-0.2, 0) is 14.8 Å². The van der Waals surface area contributed by atoms with Crippen LogP contribution < -0.4 is 5.32 Å². The lowest BCUT2D eigenvalue weighted by Gasteiger charge is -2.16. The third-order valence-electron chi connectivity index (χ3n) is 4.48. The topological polar surface area (TPSA) is 66.5 Å². The van der Waals surface area contributed by atoms with Crippen molar-refractivity contribution in [2.45, 2.75) is 26.2 Å². The van der Waals surface area contributed by atoms with Gasteiger partial charge in [0.15, 0.2) is 0 Å². The van der Waals surface area contributed by atoms with Crippen LogP contribution >= 0.6 is 0 Å². The Morgan fingerprint density at radius 2 is 2.09 bits per heavy atom. The van der Waals surface area contributed by atoms with Crippen LogP contribution in [0.3, 0.4) is 0 Å². The van der Waals surface area contributed by atoms with Crippen molar-refractivity contribution in [1.29, 1.82) is 0 Å². The van der Waals surface area contributed by atoms with Crippen molar-refractivity contribution in [3.8, 4) is 0 Å². The van der Waals surface area contributed by atoms with Gasteiger partial charge in [0.2, 0.25) is 15.9 Å². The van der Waals surface area contributed by atoms with Gasteiger partial charge in [0.05, 0.1) is 11.7 Å². The summed E-state index contributed by atoms with van der Waals surface area (Å²) in [6.07, 6.45) is 2.50. The summed E-state index contributed by atoms with van der Waals surface area (Å²) in [4.78, 5) is 12.3. The number of nitrogens with zero attached hydrogens (tertiary/aromatic N) is 1. The van der Waals surface area contributed by atoms with E-state index < -0.39 is 10.0 Å². The molecule has 1 aromatic carbocycles. The minimum atomic E-state index is -3.24. The van der Waals surface area contributed by atoms with Gasteiger partial charge < -0.3 is 5.32 Å². The Labute approximate surface area is 135 Å². The lowest BCUT2D eigenvalue weighted by Crippen LogP contribution is -2.33. The number of benzene rings is 1. The molecule has 0 bridgehead atoms. The first kappa shape index (κ1) is 16.4. The van der Waals surface area contributed by atoms with Crippen molar-refractivity contribution < 1.29 is 17.6 Å². The fourth-order valence-corrected chi connectivity index (χ4v) is 4.78. The van der Waals surface area contributed by atoms with Crippen molar-refractivity contribution in [2.75, 3.05) is 24.2 Å². The van der Waals surface area contributed by atoms with Crippen LogP contribution in [0.2, 0.25) is 0 Å². The Kier molecular flexibility index (Phi) is 4.42. The summed E-state index contributed by atoms with van der Waals surface area (Å²) < 4.78 is 39.2. The maximum absolute atomic E-state index is 13.2. The highest BCUT2D eigenvalue weighted by Crippen LogP contribution is 2.32. The summed E-state index contributed by atoms with van der Waals surface area (Å²) in [6, 6.07) is 4.40. The minimum Gasteiger partial charge on any atom is -0.326 e. The van der Waals surface area contributed by atoms with E-state index in [1.54, 1.807) is 13.0 Å². The number of sulfonamides is 1. The number of carbonyl (C=O) groups excluding carboxylic acids is 1. The molecule has 1 amide bonds. The summed E-state index contributed by atoms with van der Waals surface area (Å²) in [5.41, 5.74) is 0.996. The maximum atomic E-state index is 13.2. The zero-order valence-corrected chi connectivity index (χ0v) is 13.9. The first-order valence-electron chi connectivity index (χ1n) is 7.90. The first-order chi connectivity index (χ1) is 10.8. The van der Waals surface area contributed by atoms with E-state index in [1.807, 2.05) is 0 Å². The zero-order chi connectivity index (χ0) is 16.6. The van der Waals surface area contributed by atoms with Crippen LogP contribution in [0, 0.1) is 24.6 Å². The van der Waals surface area contributed by atoms with Crippen molar-refractivity contribution in [1.82, 2.24) is 4.31 Å². The molecule has 1 heterocycles. The number of hydrogen-bond acceptors (Lipinski definition) is 3. The normalized spacial score (nSPS) is 22.3. The second-order valence-corrected chi connectivity index (χ2v) is 8.53. The Bertz CT molecular complexity index is 716. The fraction of sp³-hybridized carbons (Fsp3) is 0.562. The Hall–Kier alpha value is -1.47. The molecule has 5 nitrogen and oxygen atoms in total. The molecule has 23 heavy (non-hydrogen) atoms. The van der Waals surface area contributed by atoms with Crippen molar-refractivity contribution in [3.05, 3.63) is 29.6 Å². The average molecular weight is 340 g/mol. The van der Waals surface area contributed by atoms with Crippen LogP contribution in [0.1, 0.15) is 24.8 Å². The Morgan fingerprint density at radius 1 is 1.35 bits per heavy atom. The number of halogens is 1. The highest BCUT2D eigenvalue weighted by atomic mass is 32.2. The van der Waals surface area contributed by atoms with Crippen molar-refractivity contribution in [2.24, 2.45) is 11.8 Å². The van der Waals surface area contributed by atoms with E-state index in [0.29, 0.717) is 30.1 Å². The van der Waals surface area contributed by atoms with Crippen LogP contribution in [0.25, 0.3) is 0 Å². The van der Waals surface area contributed by atoms with E-state index in [2.05, 4.69) is 5.32 Å². The zero-order valence-electron chi connectivity index (χ0n) is 13.1. The number of nitrogens with one attached hydrogen (secondary N) is 1. The summed E-state index contributed by atoms with van der Waals surface area (Å²) in [5.74, 6) is -0.371. The smallest absolute Gasteiger partial charge is 0.228 e. The lowest BCUT2D eigenvalue weighted by atomic mass is 10.1. The van der Waals surface area contributed by atoms with Gasteiger partial charge in [-0.25, -0.2) is 17.1 Å². The number of hydrogen-bond donors (Lipinski definition) is 1. The highest BCUT2D eigenvalue weighted by molar-refractivity contribution is 7.89. The van der Waals surface area contributed by atoms with Gasteiger partial charge in [-0.05, 0) is 55.9 Å². The van der Waals surface area contributed by atoms with Gasteiger partial charge in [-0.15, -0.1) is 0 Å². The van der Waals surface area contributed by atoms with Crippen LogP contribution in [-0.4, -0.2) is 37.5 Å². The quantitative estimate of drug-likeness (QED) is 0.893.